The van der Waals surface area contributed by atoms with E-state index < -0.39 is 10.0 Å². The normalized spacial score (nSPS) is 21.3. The molecule has 112 valence electrons. The highest BCUT2D eigenvalue weighted by molar-refractivity contribution is 7.88. The maximum Gasteiger partial charge on any atom is 0.211 e. The predicted molar refractivity (Wildman–Crippen MR) is 81.2 cm³/mol. The third kappa shape index (κ3) is 3.79. The highest BCUT2D eigenvalue weighted by atomic mass is 32.2. The Labute approximate surface area is 122 Å². The maximum atomic E-state index is 11.5. The van der Waals surface area contributed by atoms with Crippen molar-refractivity contribution in [3.8, 4) is 0 Å². The van der Waals surface area contributed by atoms with Crippen LogP contribution >= 0.6 is 0 Å². The van der Waals surface area contributed by atoms with E-state index in [1.165, 1.54) is 11.8 Å². The Balaban J connectivity index is 2.05. The van der Waals surface area contributed by atoms with Gasteiger partial charge in [-0.3, -0.25) is 4.98 Å². The SMILES string of the molecule is CC(C)(C)c1ccnc(CC2CCN(S(C)(=O)=O)C2)c1. The summed E-state index contributed by atoms with van der Waals surface area (Å²) in [5.74, 6) is 0.382. The lowest BCUT2D eigenvalue weighted by molar-refractivity contribution is 0.459. The first-order chi connectivity index (χ1) is 9.16. The van der Waals surface area contributed by atoms with Crippen molar-refractivity contribution in [3.05, 3.63) is 29.6 Å². The average molecular weight is 296 g/mol. The molecule has 0 radical (unpaired) electrons. The van der Waals surface area contributed by atoms with Crippen molar-refractivity contribution in [2.75, 3.05) is 19.3 Å². The lowest BCUT2D eigenvalue weighted by atomic mass is 9.86. The van der Waals surface area contributed by atoms with Crippen LogP contribution in [0.3, 0.4) is 0 Å². The van der Waals surface area contributed by atoms with Gasteiger partial charge in [0.25, 0.3) is 0 Å². The molecule has 1 atom stereocenters. The second-order valence-electron chi connectivity index (χ2n) is 6.77. The van der Waals surface area contributed by atoms with Gasteiger partial charge in [0.05, 0.1) is 6.26 Å². The molecule has 5 heteroatoms. The van der Waals surface area contributed by atoms with Gasteiger partial charge in [0, 0.05) is 25.0 Å². The van der Waals surface area contributed by atoms with Crippen molar-refractivity contribution >= 4 is 10.0 Å². The number of hydrogen-bond acceptors (Lipinski definition) is 3. The first kappa shape index (κ1) is 15.4. The summed E-state index contributed by atoms with van der Waals surface area (Å²) in [4.78, 5) is 4.44. The van der Waals surface area contributed by atoms with Gasteiger partial charge < -0.3 is 0 Å². The first-order valence-corrected chi connectivity index (χ1v) is 8.91. The van der Waals surface area contributed by atoms with Gasteiger partial charge in [0.1, 0.15) is 0 Å². The highest BCUT2D eigenvalue weighted by Gasteiger charge is 2.28. The molecule has 2 heterocycles. The molecule has 0 N–H and O–H groups in total. The van der Waals surface area contributed by atoms with Crippen LogP contribution < -0.4 is 0 Å². The summed E-state index contributed by atoms with van der Waals surface area (Å²) in [6.45, 7) is 7.83. The zero-order valence-corrected chi connectivity index (χ0v) is 13.6. The summed E-state index contributed by atoms with van der Waals surface area (Å²) in [5, 5.41) is 0. The summed E-state index contributed by atoms with van der Waals surface area (Å²) in [6.07, 6.45) is 4.93. The van der Waals surface area contributed by atoms with Gasteiger partial charge in [-0.2, -0.15) is 0 Å². The van der Waals surface area contributed by atoms with E-state index in [0.29, 0.717) is 19.0 Å². The maximum absolute atomic E-state index is 11.5. The largest absolute Gasteiger partial charge is 0.261 e. The minimum atomic E-state index is -3.05. The molecule has 1 saturated heterocycles. The number of nitrogens with zero attached hydrogens (tertiary/aromatic N) is 2. The Morgan fingerprint density at radius 2 is 2.10 bits per heavy atom. The summed E-state index contributed by atoms with van der Waals surface area (Å²) < 4.78 is 24.6. The van der Waals surface area contributed by atoms with Crippen LogP contribution in [0.5, 0.6) is 0 Å². The lowest BCUT2D eigenvalue weighted by Gasteiger charge is -2.20. The van der Waals surface area contributed by atoms with Crippen LogP contribution in [0.1, 0.15) is 38.4 Å². The molecular weight excluding hydrogens is 272 g/mol. The second-order valence-corrected chi connectivity index (χ2v) is 8.75. The molecule has 1 unspecified atom stereocenters. The van der Waals surface area contributed by atoms with E-state index in [4.69, 9.17) is 0 Å². The molecule has 0 bridgehead atoms. The van der Waals surface area contributed by atoms with Crippen LogP contribution in [0.25, 0.3) is 0 Å². The number of hydrogen-bond donors (Lipinski definition) is 0. The van der Waals surface area contributed by atoms with Gasteiger partial charge in [-0.15, -0.1) is 0 Å². The van der Waals surface area contributed by atoms with Gasteiger partial charge in [0.15, 0.2) is 0 Å². The van der Waals surface area contributed by atoms with Crippen LogP contribution in [-0.2, 0) is 21.9 Å². The zero-order valence-electron chi connectivity index (χ0n) is 12.8. The molecule has 0 saturated carbocycles. The van der Waals surface area contributed by atoms with E-state index in [0.717, 1.165) is 18.5 Å². The number of rotatable bonds is 3. The minimum absolute atomic E-state index is 0.117. The number of aromatic nitrogens is 1. The summed E-state index contributed by atoms with van der Waals surface area (Å²) in [5.41, 5.74) is 2.46. The van der Waals surface area contributed by atoms with Gasteiger partial charge in [-0.1, -0.05) is 20.8 Å². The standard InChI is InChI=1S/C15H24N2O2S/c1-15(2,3)13-5-7-16-14(10-13)9-12-6-8-17(11-12)20(4,18)19/h5,7,10,12H,6,8-9,11H2,1-4H3. The molecule has 0 aliphatic carbocycles. The molecule has 4 nitrogen and oxygen atoms in total. The smallest absolute Gasteiger partial charge is 0.211 e. The van der Waals surface area contributed by atoms with E-state index >= 15 is 0 Å². The Morgan fingerprint density at radius 1 is 1.40 bits per heavy atom. The zero-order chi connectivity index (χ0) is 15.0. The fourth-order valence-corrected chi connectivity index (χ4v) is 3.54. The monoisotopic (exact) mass is 296 g/mol. The van der Waals surface area contributed by atoms with Crippen molar-refractivity contribution in [3.63, 3.8) is 0 Å². The fourth-order valence-electron chi connectivity index (χ4n) is 2.62. The van der Waals surface area contributed by atoms with Gasteiger partial charge in [-0.25, -0.2) is 12.7 Å². The van der Waals surface area contributed by atoms with Crippen molar-refractivity contribution in [2.24, 2.45) is 5.92 Å². The molecule has 0 aromatic carbocycles. The fraction of sp³-hybridized carbons (Fsp3) is 0.667. The van der Waals surface area contributed by atoms with Crippen molar-refractivity contribution in [2.45, 2.75) is 39.0 Å². The van der Waals surface area contributed by atoms with Gasteiger partial charge >= 0.3 is 0 Å². The van der Waals surface area contributed by atoms with Crippen LogP contribution in [0.2, 0.25) is 0 Å². The molecule has 1 aliphatic heterocycles. The minimum Gasteiger partial charge on any atom is -0.261 e. The molecule has 1 fully saturated rings. The molecule has 2 rings (SSSR count). The topological polar surface area (TPSA) is 50.3 Å². The van der Waals surface area contributed by atoms with E-state index in [2.05, 4.69) is 37.9 Å². The quantitative estimate of drug-likeness (QED) is 0.859. The van der Waals surface area contributed by atoms with Gasteiger partial charge in [0.2, 0.25) is 10.0 Å². The third-order valence-electron chi connectivity index (χ3n) is 3.90. The van der Waals surface area contributed by atoms with E-state index in [1.54, 1.807) is 4.31 Å². The summed E-state index contributed by atoms with van der Waals surface area (Å²) in [6, 6.07) is 4.21. The van der Waals surface area contributed by atoms with Crippen molar-refractivity contribution in [1.82, 2.24) is 9.29 Å². The second kappa shape index (κ2) is 5.45. The molecule has 1 aromatic rings. The van der Waals surface area contributed by atoms with E-state index in [9.17, 15) is 8.42 Å². The van der Waals surface area contributed by atoms with E-state index in [1.807, 2.05) is 6.20 Å². The van der Waals surface area contributed by atoms with Crippen molar-refractivity contribution < 1.29 is 8.42 Å². The van der Waals surface area contributed by atoms with Crippen LogP contribution in [0.4, 0.5) is 0 Å². The lowest BCUT2D eigenvalue weighted by Crippen LogP contribution is -2.27. The Morgan fingerprint density at radius 3 is 2.65 bits per heavy atom. The molecule has 0 spiro atoms. The Bertz CT molecular complexity index is 576. The third-order valence-corrected chi connectivity index (χ3v) is 5.17. The Hall–Kier alpha value is -0.940. The molecule has 1 aromatic heterocycles. The number of pyridine rings is 1. The van der Waals surface area contributed by atoms with Crippen LogP contribution in [-0.4, -0.2) is 37.1 Å². The van der Waals surface area contributed by atoms with Crippen LogP contribution in [0.15, 0.2) is 18.3 Å². The molecule has 0 amide bonds. The summed E-state index contributed by atoms with van der Waals surface area (Å²) in [7, 11) is -3.05. The molecule has 20 heavy (non-hydrogen) atoms. The summed E-state index contributed by atoms with van der Waals surface area (Å²) >= 11 is 0. The molecule has 1 aliphatic rings. The van der Waals surface area contributed by atoms with Crippen LogP contribution in [0, 0.1) is 5.92 Å². The highest BCUT2D eigenvalue weighted by Crippen LogP contribution is 2.25. The van der Waals surface area contributed by atoms with E-state index in [-0.39, 0.29) is 5.41 Å². The average Bonchev–Trinajstić information content (AvgIpc) is 2.76. The first-order valence-electron chi connectivity index (χ1n) is 7.07. The molecular formula is C15H24N2O2S. The van der Waals surface area contributed by atoms with Gasteiger partial charge in [-0.05, 0) is 41.9 Å². The Kier molecular flexibility index (Phi) is 4.21. The van der Waals surface area contributed by atoms with Crippen molar-refractivity contribution in [1.29, 1.82) is 0 Å². The number of sulfonamides is 1. The predicted octanol–water partition coefficient (Wildman–Crippen LogP) is 2.20.